The summed E-state index contributed by atoms with van der Waals surface area (Å²) in [5, 5.41) is 0. The van der Waals surface area contributed by atoms with E-state index in [0.717, 1.165) is 59.9 Å². The molecular weight excluding hydrogens is 300 g/mol. The Labute approximate surface area is 143 Å². The Bertz CT molecular complexity index is 554. The van der Waals surface area contributed by atoms with Crippen LogP contribution in [0.2, 0.25) is 0 Å². The second-order valence-corrected chi connectivity index (χ2v) is 10.7. The molecule has 8 rings (SSSR count). The summed E-state index contributed by atoms with van der Waals surface area (Å²) in [5.74, 6) is 8.50. The van der Waals surface area contributed by atoms with E-state index in [1.165, 1.54) is 38.5 Å². The van der Waals surface area contributed by atoms with Crippen LogP contribution in [0.1, 0.15) is 38.5 Å². The lowest BCUT2D eigenvalue weighted by molar-refractivity contribution is -0.0494. The molecule has 6 aliphatic carbocycles. The van der Waals surface area contributed by atoms with Gasteiger partial charge in [-0.2, -0.15) is 0 Å². The number of epoxide rings is 2. The van der Waals surface area contributed by atoms with E-state index < -0.39 is 0 Å². The molecule has 24 heavy (non-hydrogen) atoms. The Morgan fingerprint density at radius 1 is 0.667 bits per heavy atom. The molecule has 130 valence electrons. The van der Waals surface area contributed by atoms with E-state index in [2.05, 4.69) is 0 Å². The second kappa shape index (κ2) is 4.07. The molecule has 2 heterocycles. The predicted molar refractivity (Wildman–Crippen MR) is 86.2 cm³/mol. The van der Waals surface area contributed by atoms with Gasteiger partial charge < -0.3 is 14.2 Å². The predicted octanol–water partition coefficient (Wildman–Crippen LogP) is 2.87. The maximum Gasteiger partial charge on any atom is 0.0875 e. The van der Waals surface area contributed by atoms with Crippen molar-refractivity contribution in [3.05, 3.63) is 0 Å². The first-order valence-electron chi connectivity index (χ1n) is 10.8. The van der Waals surface area contributed by atoms with Crippen molar-refractivity contribution < 1.29 is 14.2 Å². The molecule has 6 saturated carbocycles. The van der Waals surface area contributed by atoms with Crippen molar-refractivity contribution in [2.24, 2.45) is 53.3 Å². The topological polar surface area (TPSA) is 34.3 Å². The third-order valence-corrected chi connectivity index (χ3v) is 10.1. The highest BCUT2D eigenvalue weighted by Gasteiger charge is 2.68. The SMILES string of the molecule is C(OC1CC2CC1C1CC3OC3C21)C1CC2CC1C1CC3OC3C21. The smallest absolute Gasteiger partial charge is 0.0875 e. The van der Waals surface area contributed by atoms with Gasteiger partial charge in [0.1, 0.15) is 0 Å². The van der Waals surface area contributed by atoms with Gasteiger partial charge in [0, 0.05) is 0 Å². The Hall–Kier alpha value is -0.120. The molecule has 3 nitrogen and oxygen atoms in total. The third-order valence-electron chi connectivity index (χ3n) is 10.1. The van der Waals surface area contributed by atoms with Crippen molar-refractivity contribution in [2.45, 2.75) is 69.0 Å². The van der Waals surface area contributed by atoms with Gasteiger partial charge in [0.05, 0.1) is 37.1 Å². The fourth-order valence-corrected chi connectivity index (χ4v) is 9.37. The molecule has 0 amide bonds. The van der Waals surface area contributed by atoms with Gasteiger partial charge in [-0.3, -0.25) is 0 Å². The number of ether oxygens (including phenoxy) is 3. The highest BCUT2D eigenvalue weighted by molar-refractivity contribution is 5.15. The summed E-state index contributed by atoms with van der Waals surface area (Å²) in [6, 6.07) is 0. The molecule has 0 spiro atoms. The number of fused-ring (bicyclic) bond motifs is 14. The summed E-state index contributed by atoms with van der Waals surface area (Å²) >= 11 is 0. The molecule has 8 fully saturated rings. The fraction of sp³-hybridized carbons (Fsp3) is 1.00. The third kappa shape index (κ3) is 1.46. The minimum Gasteiger partial charge on any atom is -0.378 e. The molecule has 14 atom stereocenters. The molecule has 0 aromatic carbocycles. The normalized spacial score (nSPS) is 72.0. The molecule has 0 N–H and O–H groups in total. The maximum absolute atomic E-state index is 6.65. The van der Waals surface area contributed by atoms with Crippen LogP contribution < -0.4 is 0 Å². The van der Waals surface area contributed by atoms with Gasteiger partial charge in [0.2, 0.25) is 0 Å². The highest BCUT2D eigenvalue weighted by atomic mass is 16.6. The first-order chi connectivity index (χ1) is 11.8. The number of hydrogen-bond donors (Lipinski definition) is 0. The second-order valence-electron chi connectivity index (χ2n) is 10.7. The summed E-state index contributed by atoms with van der Waals surface area (Å²) in [4.78, 5) is 0. The van der Waals surface area contributed by atoms with Crippen molar-refractivity contribution in [2.75, 3.05) is 6.61 Å². The van der Waals surface area contributed by atoms with Crippen molar-refractivity contribution in [3.8, 4) is 0 Å². The van der Waals surface area contributed by atoms with E-state index in [1.807, 2.05) is 0 Å². The number of rotatable bonds is 3. The van der Waals surface area contributed by atoms with Crippen LogP contribution in [0.25, 0.3) is 0 Å². The minimum absolute atomic E-state index is 0.601. The molecule has 3 heteroatoms. The molecule has 4 bridgehead atoms. The van der Waals surface area contributed by atoms with E-state index in [9.17, 15) is 0 Å². The van der Waals surface area contributed by atoms with E-state index >= 15 is 0 Å². The van der Waals surface area contributed by atoms with Crippen LogP contribution in [-0.2, 0) is 14.2 Å². The van der Waals surface area contributed by atoms with Crippen LogP contribution in [-0.4, -0.2) is 37.1 Å². The molecule has 2 aliphatic heterocycles. The van der Waals surface area contributed by atoms with Gasteiger partial charge in [-0.1, -0.05) is 0 Å². The lowest BCUT2D eigenvalue weighted by Crippen LogP contribution is -2.36. The zero-order valence-corrected chi connectivity index (χ0v) is 14.3. The van der Waals surface area contributed by atoms with Crippen LogP contribution in [0.5, 0.6) is 0 Å². The van der Waals surface area contributed by atoms with Gasteiger partial charge >= 0.3 is 0 Å². The zero-order chi connectivity index (χ0) is 15.2. The standard InChI is InChI=1S/C21H28O3/c1-8-2-11(13-5-16-20(23-16)18(8)13)10(1)7-22-15-4-9-3-12(15)14-6-17-21(24-17)19(9)14/h8-21H,1-7H2. The van der Waals surface area contributed by atoms with Gasteiger partial charge in [-0.05, 0) is 91.8 Å². The summed E-state index contributed by atoms with van der Waals surface area (Å²) in [7, 11) is 0. The Morgan fingerprint density at radius 3 is 2.12 bits per heavy atom. The maximum atomic E-state index is 6.65. The molecule has 0 aromatic heterocycles. The quantitative estimate of drug-likeness (QED) is 0.747. The van der Waals surface area contributed by atoms with Gasteiger partial charge in [-0.15, -0.1) is 0 Å². The lowest BCUT2D eigenvalue weighted by atomic mass is 9.75. The van der Waals surface area contributed by atoms with Crippen LogP contribution in [0.15, 0.2) is 0 Å². The Kier molecular flexibility index (Phi) is 2.22. The molecule has 0 aromatic rings. The lowest BCUT2D eigenvalue weighted by Gasteiger charge is -2.36. The molecule has 2 saturated heterocycles. The highest BCUT2D eigenvalue weighted by Crippen LogP contribution is 2.67. The summed E-state index contributed by atoms with van der Waals surface area (Å²) < 4.78 is 18.3. The van der Waals surface area contributed by atoms with E-state index in [4.69, 9.17) is 14.2 Å². The van der Waals surface area contributed by atoms with Crippen LogP contribution in [0.3, 0.4) is 0 Å². The van der Waals surface area contributed by atoms with Gasteiger partial charge in [0.15, 0.2) is 0 Å². The largest absolute Gasteiger partial charge is 0.378 e. The minimum atomic E-state index is 0.601. The summed E-state index contributed by atoms with van der Waals surface area (Å²) in [6.07, 6.45) is 11.8. The number of hydrogen-bond acceptors (Lipinski definition) is 3. The van der Waals surface area contributed by atoms with Crippen molar-refractivity contribution in [3.63, 3.8) is 0 Å². The van der Waals surface area contributed by atoms with Crippen LogP contribution in [0.4, 0.5) is 0 Å². The summed E-state index contributed by atoms with van der Waals surface area (Å²) in [5.41, 5.74) is 0. The van der Waals surface area contributed by atoms with Crippen molar-refractivity contribution >= 4 is 0 Å². The van der Waals surface area contributed by atoms with Gasteiger partial charge in [-0.25, -0.2) is 0 Å². The van der Waals surface area contributed by atoms with E-state index in [-0.39, 0.29) is 0 Å². The average molecular weight is 328 g/mol. The van der Waals surface area contributed by atoms with Crippen LogP contribution in [0, 0.1) is 53.3 Å². The Morgan fingerprint density at radius 2 is 1.33 bits per heavy atom. The van der Waals surface area contributed by atoms with Crippen molar-refractivity contribution in [1.82, 2.24) is 0 Å². The molecule has 14 unspecified atom stereocenters. The average Bonchev–Trinajstić information content (AvgIpc) is 3.13. The molecular formula is C21H28O3. The fourth-order valence-electron chi connectivity index (χ4n) is 9.37. The van der Waals surface area contributed by atoms with Crippen molar-refractivity contribution in [1.29, 1.82) is 0 Å². The van der Waals surface area contributed by atoms with E-state index in [0.29, 0.717) is 30.5 Å². The van der Waals surface area contributed by atoms with Crippen LogP contribution >= 0.6 is 0 Å². The van der Waals surface area contributed by atoms with Gasteiger partial charge in [0.25, 0.3) is 0 Å². The Balaban J connectivity index is 0.952. The van der Waals surface area contributed by atoms with E-state index in [1.54, 1.807) is 0 Å². The zero-order valence-electron chi connectivity index (χ0n) is 14.3. The first kappa shape index (κ1) is 13.1. The monoisotopic (exact) mass is 328 g/mol. The molecule has 8 aliphatic rings. The first-order valence-corrected chi connectivity index (χ1v) is 10.8. The molecule has 0 radical (unpaired) electrons. The summed E-state index contributed by atoms with van der Waals surface area (Å²) in [6.45, 7) is 1.08.